The van der Waals surface area contributed by atoms with Crippen LogP contribution in [0.2, 0.25) is 0 Å². The number of carbonyl (C=O) groups excluding carboxylic acids is 2. The molecule has 0 aliphatic carbocycles. The van der Waals surface area contributed by atoms with Crippen molar-refractivity contribution in [1.29, 1.82) is 0 Å². The number of nitrogens with two attached hydrogens (primary N) is 1. The first kappa shape index (κ1) is 20.7. The molecule has 144 valence electrons. The van der Waals surface area contributed by atoms with E-state index in [2.05, 4.69) is 10.6 Å². The zero-order valence-electron chi connectivity index (χ0n) is 15.3. The van der Waals surface area contributed by atoms with E-state index in [0.717, 1.165) is 11.1 Å². The second-order valence-corrected chi connectivity index (χ2v) is 6.36. The highest BCUT2D eigenvalue weighted by Crippen LogP contribution is 2.33. The second kappa shape index (κ2) is 8.88. The van der Waals surface area contributed by atoms with E-state index in [1.807, 2.05) is 38.1 Å². The molecule has 1 aliphatic rings. The number of ether oxygens (including phenoxy) is 1. The molecule has 0 saturated carbocycles. The van der Waals surface area contributed by atoms with Crippen molar-refractivity contribution in [2.75, 3.05) is 5.32 Å². The maximum Gasteiger partial charge on any atom is 0.265 e. The Balaban J connectivity index is 0.00000261. The molecule has 1 aliphatic heterocycles. The molecule has 6 nitrogen and oxygen atoms in total. The van der Waals surface area contributed by atoms with Gasteiger partial charge >= 0.3 is 0 Å². The molecule has 3 rings (SSSR count). The first-order valence-corrected chi connectivity index (χ1v) is 8.73. The lowest BCUT2D eigenvalue weighted by atomic mass is 10.0. The van der Waals surface area contributed by atoms with E-state index in [9.17, 15) is 9.59 Å². The van der Waals surface area contributed by atoms with Crippen molar-refractivity contribution in [3.8, 4) is 5.75 Å². The maximum absolute atomic E-state index is 12.4. The monoisotopic (exact) mass is 389 g/mol. The Bertz CT molecular complexity index is 824. The molecule has 4 N–H and O–H groups in total. The highest BCUT2D eigenvalue weighted by molar-refractivity contribution is 5.98. The Hall–Kier alpha value is -2.57. The molecule has 0 bridgehead atoms. The lowest BCUT2D eigenvalue weighted by Crippen LogP contribution is -2.36. The number of hydrogen-bond acceptors (Lipinski definition) is 4. The van der Waals surface area contributed by atoms with Gasteiger partial charge in [0.2, 0.25) is 0 Å². The van der Waals surface area contributed by atoms with Crippen molar-refractivity contribution < 1.29 is 14.3 Å². The quantitative estimate of drug-likeness (QED) is 0.732. The van der Waals surface area contributed by atoms with Gasteiger partial charge in [0.25, 0.3) is 11.8 Å². The molecular weight excluding hydrogens is 366 g/mol. The third-order valence-corrected chi connectivity index (χ3v) is 4.50. The fourth-order valence-electron chi connectivity index (χ4n) is 2.85. The number of fused-ring (bicyclic) bond motifs is 1. The standard InChI is InChI=1S/C20H23N3O3.ClH/c1-3-17-20(25)23-16-9-8-15(10-18(16)26-17)12(2)22-19(24)14-6-4-13(11-21)5-7-14;/h4-10,12,17H,3,11,21H2,1-2H3,(H,22,24)(H,23,25);1H. The largest absolute Gasteiger partial charge is 0.478 e. The van der Waals surface area contributed by atoms with E-state index < -0.39 is 6.10 Å². The molecule has 2 aromatic rings. The molecule has 0 spiro atoms. The summed E-state index contributed by atoms with van der Waals surface area (Å²) in [5.41, 5.74) is 8.70. The van der Waals surface area contributed by atoms with E-state index in [4.69, 9.17) is 10.5 Å². The van der Waals surface area contributed by atoms with Crippen LogP contribution < -0.4 is 21.1 Å². The van der Waals surface area contributed by atoms with Crippen molar-refractivity contribution in [1.82, 2.24) is 5.32 Å². The van der Waals surface area contributed by atoms with Crippen LogP contribution >= 0.6 is 12.4 Å². The Morgan fingerprint density at radius 2 is 1.96 bits per heavy atom. The number of halogens is 1. The zero-order valence-corrected chi connectivity index (χ0v) is 16.1. The number of nitrogens with one attached hydrogen (secondary N) is 2. The van der Waals surface area contributed by atoms with Gasteiger partial charge in [0.1, 0.15) is 5.75 Å². The molecule has 0 saturated heterocycles. The predicted octanol–water partition coefficient (Wildman–Crippen LogP) is 3.17. The summed E-state index contributed by atoms with van der Waals surface area (Å²) in [6, 6.07) is 12.6. The molecule has 1 heterocycles. The predicted molar refractivity (Wildman–Crippen MR) is 107 cm³/mol. The molecule has 2 atom stereocenters. The third-order valence-electron chi connectivity index (χ3n) is 4.50. The number of benzene rings is 2. The minimum absolute atomic E-state index is 0. The van der Waals surface area contributed by atoms with Crippen molar-refractivity contribution >= 4 is 29.9 Å². The summed E-state index contributed by atoms with van der Waals surface area (Å²) in [4.78, 5) is 24.3. The van der Waals surface area contributed by atoms with Crippen LogP contribution in [-0.2, 0) is 11.3 Å². The van der Waals surface area contributed by atoms with E-state index in [1.165, 1.54) is 0 Å². The Labute approximate surface area is 164 Å². The van der Waals surface area contributed by atoms with Crippen LogP contribution in [-0.4, -0.2) is 17.9 Å². The summed E-state index contributed by atoms with van der Waals surface area (Å²) in [5, 5.41) is 5.82. The summed E-state index contributed by atoms with van der Waals surface area (Å²) >= 11 is 0. The number of rotatable bonds is 5. The van der Waals surface area contributed by atoms with Crippen molar-refractivity contribution in [2.45, 2.75) is 39.0 Å². The Morgan fingerprint density at radius 1 is 1.26 bits per heavy atom. The fraction of sp³-hybridized carbons (Fsp3) is 0.300. The van der Waals surface area contributed by atoms with Gasteiger partial charge < -0.3 is 21.1 Å². The number of anilines is 1. The van der Waals surface area contributed by atoms with Gasteiger partial charge in [-0.15, -0.1) is 12.4 Å². The van der Waals surface area contributed by atoms with Gasteiger partial charge in [-0.2, -0.15) is 0 Å². The summed E-state index contributed by atoms with van der Waals surface area (Å²) < 4.78 is 5.76. The van der Waals surface area contributed by atoms with Crippen molar-refractivity contribution in [3.05, 3.63) is 59.2 Å². The third kappa shape index (κ3) is 4.59. The lowest BCUT2D eigenvalue weighted by Gasteiger charge is -2.26. The number of hydrogen-bond donors (Lipinski definition) is 3. The molecule has 2 amide bonds. The van der Waals surface area contributed by atoms with Crippen molar-refractivity contribution in [3.63, 3.8) is 0 Å². The average molecular weight is 390 g/mol. The first-order chi connectivity index (χ1) is 12.5. The summed E-state index contributed by atoms with van der Waals surface area (Å²) in [6.07, 6.45) is 0.115. The number of amides is 2. The van der Waals surface area contributed by atoms with Crippen LogP contribution in [0.25, 0.3) is 0 Å². The van der Waals surface area contributed by atoms with Gasteiger partial charge in [-0.3, -0.25) is 9.59 Å². The topological polar surface area (TPSA) is 93.4 Å². The van der Waals surface area contributed by atoms with Gasteiger partial charge in [0.05, 0.1) is 11.7 Å². The minimum atomic E-state index is -0.483. The van der Waals surface area contributed by atoms with E-state index in [0.29, 0.717) is 30.0 Å². The minimum Gasteiger partial charge on any atom is -0.478 e. The molecule has 0 fully saturated rings. The average Bonchev–Trinajstić information content (AvgIpc) is 2.67. The Kier molecular flexibility index (Phi) is 6.82. The van der Waals surface area contributed by atoms with E-state index in [1.54, 1.807) is 18.2 Å². The molecule has 0 aromatic heterocycles. The van der Waals surface area contributed by atoms with Crippen LogP contribution in [0, 0.1) is 0 Å². The summed E-state index contributed by atoms with van der Waals surface area (Å²) in [7, 11) is 0. The van der Waals surface area contributed by atoms with Crippen molar-refractivity contribution in [2.24, 2.45) is 5.73 Å². The van der Waals surface area contributed by atoms with Crippen LogP contribution in [0.15, 0.2) is 42.5 Å². The normalized spacial score (nSPS) is 16.3. The van der Waals surface area contributed by atoms with Crippen LogP contribution in [0.3, 0.4) is 0 Å². The SMILES string of the molecule is CCC1Oc2cc(C(C)NC(=O)c3ccc(CN)cc3)ccc2NC1=O.Cl. The second-order valence-electron chi connectivity index (χ2n) is 6.36. The fourth-order valence-corrected chi connectivity index (χ4v) is 2.85. The van der Waals surface area contributed by atoms with Gasteiger partial charge in [0, 0.05) is 12.1 Å². The molecule has 2 aromatic carbocycles. The van der Waals surface area contributed by atoms with Crippen LogP contribution in [0.5, 0.6) is 5.75 Å². The molecule has 2 unspecified atom stereocenters. The van der Waals surface area contributed by atoms with Gasteiger partial charge in [-0.25, -0.2) is 0 Å². The molecule has 27 heavy (non-hydrogen) atoms. The van der Waals surface area contributed by atoms with Crippen LogP contribution in [0.1, 0.15) is 47.8 Å². The Morgan fingerprint density at radius 3 is 2.59 bits per heavy atom. The molecular formula is C20H24ClN3O3. The molecule has 7 heteroatoms. The lowest BCUT2D eigenvalue weighted by molar-refractivity contribution is -0.123. The first-order valence-electron chi connectivity index (χ1n) is 8.73. The highest BCUT2D eigenvalue weighted by atomic mass is 35.5. The number of carbonyl (C=O) groups is 2. The van der Waals surface area contributed by atoms with E-state index >= 15 is 0 Å². The van der Waals surface area contributed by atoms with E-state index in [-0.39, 0.29) is 30.3 Å². The van der Waals surface area contributed by atoms with Crippen LogP contribution in [0.4, 0.5) is 5.69 Å². The van der Waals surface area contributed by atoms with Gasteiger partial charge in [-0.1, -0.05) is 25.1 Å². The van der Waals surface area contributed by atoms with Gasteiger partial charge in [-0.05, 0) is 48.7 Å². The summed E-state index contributed by atoms with van der Waals surface area (Å²) in [6.45, 7) is 4.26. The highest BCUT2D eigenvalue weighted by Gasteiger charge is 2.26. The maximum atomic E-state index is 12.4. The smallest absolute Gasteiger partial charge is 0.265 e. The summed E-state index contributed by atoms with van der Waals surface area (Å²) in [5.74, 6) is 0.344. The zero-order chi connectivity index (χ0) is 18.7. The molecule has 0 radical (unpaired) electrons. The van der Waals surface area contributed by atoms with Gasteiger partial charge in [0.15, 0.2) is 6.10 Å².